The number of fused-ring (bicyclic) bond motifs is 1. The topological polar surface area (TPSA) is 32.7 Å². The van der Waals surface area contributed by atoms with E-state index in [-0.39, 0.29) is 0 Å². The first-order valence-corrected chi connectivity index (χ1v) is 7.89. The van der Waals surface area contributed by atoms with E-state index in [2.05, 4.69) is 4.90 Å². The Balaban J connectivity index is 1.42. The number of likely N-dealkylation sites (tertiary alicyclic amines) is 1. The van der Waals surface area contributed by atoms with Crippen LogP contribution in [0.4, 0.5) is 0 Å². The highest BCUT2D eigenvalue weighted by atomic mass is 16.5. The zero-order chi connectivity index (χ0) is 13.8. The smallest absolute Gasteiger partial charge is 0.119 e. The summed E-state index contributed by atoms with van der Waals surface area (Å²) < 4.78 is 5.62. The summed E-state index contributed by atoms with van der Waals surface area (Å²) in [6, 6.07) is 9.73. The second kappa shape index (κ2) is 6.59. The highest BCUT2D eigenvalue weighted by Crippen LogP contribution is 2.35. The fourth-order valence-corrected chi connectivity index (χ4v) is 3.71. The lowest BCUT2D eigenvalue weighted by molar-refractivity contribution is 0.0741. The molecule has 3 rings (SSSR count). The van der Waals surface area contributed by atoms with E-state index in [4.69, 9.17) is 4.74 Å². The highest BCUT2D eigenvalue weighted by molar-refractivity contribution is 5.20. The van der Waals surface area contributed by atoms with Gasteiger partial charge in [-0.05, 0) is 36.8 Å². The van der Waals surface area contributed by atoms with E-state index in [1.807, 2.05) is 30.3 Å². The first-order valence-electron chi connectivity index (χ1n) is 7.89. The van der Waals surface area contributed by atoms with Gasteiger partial charge in [0, 0.05) is 19.6 Å². The number of ether oxygens (including phenoxy) is 1. The number of hydrogen-bond acceptors (Lipinski definition) is 3. The van der Waals surface area contributed by atoms with Gasteiger partial charge in [-0.15, -0.1) is 0 Å². The number of aliphatic hydroxyl groups is 1. The molecular formula is C17H25NO2. The maximum atomic E-state index is 10.1. The molecule has 1 aliphatic carbocycles. The van der Waals surface area contributed by atoms with Crippen molar-refractivity contribution < 1.29 is 9.84 Å². The van der Waals surface area contributed by atoms with E-state index in [0.717, 1.165) is 24.1 Å². The molecule has 0 aromatic heterocycles. The lowest BCUT2D eigenvalue weighted by atomic mass is 9.82. The second-order valence-electron chi connectivity index (χ2n) is 6.30. The summed E-state index contributed by atoms with van der Waals surface area (Å²) in [7, 11) is 0. The number of hydrogen-bond donors (Lipinski definition) is 1. The van der Waals surface area contributed by atoms with Crippen LogP contribution in [0.15, 0.2) is 30.3 Å². The van der Waals surface area contributed by atoms with Gasteiger partial charge in [-0.1, -0.05) is 31.0 Å². The van der Waals surface area contributed by atoms with Crippen molar-refractivity contribution in [1.29, 1.82) is 0 Å². The van der Waals surface area contributed by atoms with Crippen molar-refractivity contribution in [2.45, 2.75) is 31.8 Å². The van der Waals surface area contributed by atoms with E-state index in [1.54, 1.807) is 0 Å². The summed E-state index contributed by atoms with van der Waals surface area (Å²) in [6.07, 6.45) is 5.18. The van der Waals surface area contributed by atoms with Crippen LogP contribution >= 0.6 is 0 Å². The molecule has 3 heteroatoms. The van der Waals surface area contributed by atoms with Crippen molar-refractivity contribution in [1.82, 2.24) is 4.90 Å². The third-order valence-corrected chi connectivity index (χ3v) is 4.71. The molecule has 1 aliphatic heterocycles. The van der Waals surface area contributed by atoms with Crippen molar-refractivity contribution in [3.8, 4) is 5.75 Å². The van der Waals surface area contributed by atoms with Crippen molar-refractivity contribution in [2.75, 3.05) is 26.2 Å². The average Bonchev–Trinajstić information content (AvgIpc) is 2.88. The van der Waals surface area contributed by atoms with Crippen LogP contribution < -0.4 is 4.74 Å². The minimum atomic E-state index is -0.393. The lowest BCUT2D eigenvalue weighted by Gasteiger charge is -2.23. The molecule has 0 radical (unpaired) electrons. The number of benzene rings is 1. The van der Waals surface area contributed by atoms with Crippen molar-refractivity contribution >= 4 is 0 Å². The number of aliphatic hydroxyl groups excluding tert-OH is 1. The van der Waals surface area contributed by atoms with Crippen LogP contribution in [0.2, 0.25) is 0 Å². The Morgan fingerprint density at radius 2 is 1.75 bits per heavy atom. The van der Waals surface area contributed by atoms with Crippen molar-refractivity contribution in [3.63, 3.8) is 0 Å². The normalized spacial score (nSPS) is 28.1. The van der Waals surface area contributed by atoms with Gasteiger partial charge in [0.15, 0.2) is 0 Å². The van der Waals surface area contributed by atoms with Gasteiger partial charge in [-0.2, -0.15) is 0 Å². The molecule has 0 spiro atoms. The molecule has 0 amide bonds. The Bertz CT molecular complexity index is 395. The molecule has 3 atom stereocenters. The van der Waals surface area contributed by atoms with E-state index in [9.17, 15) is 5.11 Å². The van der Waals surface area contributed by atoms with Gasteiger partial charge in [0.25, 0.3) is 0 Å². The third kappa shape index (κ3) is 3.53. The van der Waals surface area contributed by atoms with Gasteiger partial charge >= 0.3 is 0 Å². The van der Waals surface area contributed by atoms with Gasteiger partial charge in [0.05, 0.1) is 0 Å². The number of nitrogens with zero attached hydrogens (tertiary/aromatic N) is 1. The molecule has 3 nitrogen and oxygen atoms in total. The molecule has 110 valence electrons. The molecule has 1 aromatic carbocycles. The largest absolute Gasteiger partial charge is 0.491 e. The molecular weight excluding hydrogens is 250 g/mol. The average molecular weight is 275 g/mol. The van der Waals surface area contributed by atoms with Crippen LogP contribution in [-0.2, 0) is 0 Å². The van der Waals surface area contributed by atoms with E-state index in [1.165, 1.54) is 38.8 Å². The SMILES string of the molecule is OC(COc1ccccc1)CN1CC2CCCCC2C1. The maximum absolute atomic E-state index is 10.1. The van der Waals surface area contributed by atoms with Gasteiger partial charge in [0.2, 0.25) is 0 Å². The Kier molecular flexibility index (Phi) is 4.58. The summed E-state index contributed by atoms with van der Waals surface area (Å²) in [5, 5.41) is 10.1. The molecule has 2 fully saturated rings. The van der Waals surface area contributed by atoms with Crippen LogP contribution in [0.25, 0.3) is 0 Å². The van der Waals surface area contributed by atoms with Crippen LogP contribution in [0.5, 0.6) is 5.75 Å². The maximum Gasteiger partial charge on any atom is 0.119 e. The zero-order valence-electron chi connectivity index (χ0n) is 12.1. The summed E-state index contributed by atoms with van der Waals surface area (Å²) in [4.78, 5) is 2.43. The zero-order valence-corrected chi connectivity index (χ0v) is 12.1. The molecule has 1 heterocycles. The van der Waals surface area contributed by atoms with Gasteiger partial charge in [-0.25, -0.2) is 0 Å². The summed E-state index contributed by atoms with van der Waals surface area (Å²) >= 11 is 0. The van der Waals surface area contributed by atoms with E-state index < -0.39 is 6.10 Å². The van der Waals surface area contributed by atoms with Crippen molar-refractivity contribution in [2.24, 2.45) is 11.8 Å². The summed E-state index contributed by atoms with van der Waals surface area (Å²) in [5.74, 6) is 2.60. The summed E-state index contributed by atoms with van der Waals surface area (Å²) in [5.41, 5.74) is 0. The fourth-order valence-electron chi connectivity index (χ4n) is 3.71. The van der Waals surface area contributed by atoms with E-state index in [0.29, 0.717) is 6.61 Å². The standard InChI is InChI=1S/C17H25NO2/c19-16(13-20-17-8-2-1-3-9-17)12-18-10-14-6-4-5-7-15(14)11-18/h1-3,8-9,14-16,19H,4-7,10-13H2. The number of rotatable bonds is 5. The van der Waals surface area contributed by atoms with E-state index >= 15 is 0 Å². The molecule has 20 heavy (non-hydrogen) atoms. The predicted molar refractivity (Wildman–Crippen MR) is 79.8 cm³/mol. The third-order valence-electron chi connectivity index (χ3n) is 4.71. The Morgan fingerprint density at radius 1 is 1.10 bits per heavy atom. The summed E-state index contributed by atoms with van der Waals surface area (Å²) in [6.45, 7) is 3.48. The Labute approximate surface area is 121 Å². The first-order chi connectivity index (χ1) is 9.81. The molecule has 0 bridgehead atoms. The van der Waals surface area contributed by atoms with Crippen LogP contribution in [-0.4, -0.2) is 42.4 Å². The van der Waals surface area contributed by atoms with Crippen LogP contribution in [0, 0.1) is 11.8 Å². The minimum Gasteiger partial charge on any atom is -0.491 e. The molecule has 1 N–H and O–H groups in total. The number of para-hydroxylation sites is 1. The Hall–Kier alpha value is -1.06. The first kappa shape index (κ1) is 13.9. The molecule has 1 saturated carbocycles. The van der Waals surface area contributed by atoms with Gasteiger partial charge in [0.1, 0.15) is 18.5 Å². The quantitative estimate of drug-likeness (QED) is 0.896. The van der Waals surface area contributed by atoms with Gasteiger partial charge < -0.3 is 14.7 Å². The predicted octanol–water partition coefficient (Wildman–Crippen LogP) is 2.55. The fraction of sp³-hybridized carbons (Fsp3) is 0.647. The Morgan fingerprint density at radius 3 is 2.40 bits per heavy atom. The second-order valence-corrected chi connectivity index (χ2v) is 6.30. The molecule has 3 unspecified atom stereocenters. The van der Waals surface area contributed by atoms with Crippen molar-refractivity contribution in [3.05, 3.63) is 30.3 Å². The van der Waals surface area contributed by atoms with Gasteiger partial charge in [-0.3, -0.25) is 0 Å². The highest BCUT2D eigenvalue weighted by Gasteiger charge is 2.34. The lowest BCUT2D eigenvalue weighted by Crippen LogP contribution is -2.34. The van der Waals surface area contributed by atoms with Crippen LogP contribution in [0.1, 0.15) is 25.7 Å². The van der Waals surface area contributed by atoms with Crippen LogP contribution in [0.3, 0.4) is 0 Å². The molecule has 1 aromatic rings. The minimum absolute atomic E-state index is 0.385. The number of β-amino-alcohol motifs (C(OH)–C–C–N with tert-alkyl or cyclic N) is 1. The molecule has 1 saturated heterocycles. The molecule has 2 aliphatic rings. The monoisotopic (exact) mass is 275 g/mol.